The molecule has 0 fully saturated rings. The summed E-state index contributed by atoms with van der Waals surface area (Å²) in [5.41, 5.74) is 9.30. The minimum atomic E-state index is -0.418. The standard InChI is InChI=1S/C21H23FN6O/c1-4-5-8-28-17-10-14(22)6-7-15(17)21(29)27(3)20-16(12-26(2)25-20)13-9-18(28)19(23)24-11-13/h6-7,9-12H,4-5,8H2,1-3H3,(H2,23,24). The van der Waals surface area contributed by atoms with Gasteiger partial charge in [0.25, 0.3) is 5.91 Å². The molecular formula is C21H23FN6O. The molecule has 0 atom stereocenters. The predicted octanol–water partition coefficient (Wildman–Crippen LogP) is 3.73. The zero-order chi connectivity index (χ0) is 20.7. The van der Waals surface area contributed by atoms with Crippen LogP contribution in [-0.2, 0) is 7.05 Å². The molecular weight excluding hydrogens is 371 g/mol. The van der Waals surface area contributed by atoms with E-state index in [4.69, 9.17) is 5.73 Å². The van der Waals surface area contributed by atoms with E-state index < -0.39 is 5.82 Å². The first-order valence-electron chi connectivity index (χ1n) is 9.55. The van der Waals surface area contributed by atoms with E-state index in [1.54, 1.807) is 25.0 Å². The van der Waals surface area contributed by atoms with Crippen molar-refractivity contribution in [3.63, 3.8) is 0 Å². The van der Waals surface area contributed by atoms with Gasteiger partial charge in [0.15, 0.2) is 5.82 Å². The van der Waals surface area contributed by atoms with Crippen LogP contribution in [0.5, 0.6) is 0 Å². The molecule has 8 heteroatoms. The number of halogens is 1. The van der Waals surface area contributed by atoms with Crippen LogP contribution in [0.1, 0.15) is 30.1 Å². The van der Waals surface area contributed by atoms with Gasteiger partial charge in [-0.15, -0.1) is 0 Å². The summed E-state index contributed by atoms with van der Waals surface area (Å²) in [6.45, 7) is 2.66. The molecule has 150 valence electrons. The Hall–Kier alpha value is -3.42. The van der Waals surface area contributed by atoms with Crippen LogP contribution in [0.2, 0.25) is 0 Å². The molecule has 4 rings (SSSR count). The minimum absolute atomic E-state index is 0.266. The number of pyridine rings is 1. The van der Waals surface area contributed by atoms with E-state index in [0.717, 1.165) is 24.0 Å². The van der Waals surface area contributed by atoms with Crippen LogP contribution in [0.3, 0.4) is 0 Å². The van der Waals surface area contributed by atoms with Crippen LogP contribution >= 0.6 is 0 Å². The fourth-order valence-electron chi connectivity index (χ4n) is 3.63. The maximum absolute atomic E-state index is 14.2. The van der Waals surface area contributed by atoms with Gasteiger partial charge in [-0.2, -0.15) is 5.10 Å². The number of unbranched alkanes of at least 4 members (excludes halogenated alkanes) is 1. The largest absolute Gasteiger partial charge is 0.382 e. The molecule has 1 amide bonds. The second-order valence-corrected chi connectivity index (χ2v) is 7.20. The lowest BCUT2D eigenvalue weighted by molar-refractivity contribution is 0.0992. The van der Waals surface area contributed by atoms with Gasteiger partial charge < -0.3 is 10.6 Å². The molecule has 0 spiro atoms. The van der Waals surface area contributed by atoms with Crippen molar-refractivity contribution in [3.05, 3.63) is 48.0 Å². The number of aromatic nitrogens is 3. The Morgan fingerprint density at radius 3 is 2.69 bits per heavy atom. The van der Waals surface area contributed by atoms with Crippen LogP contribution in [0, 0.1) is 5.82 Å². The quantitative estimate of drug-likeness (QED) is 0.732. The number of carbonyl (C=O) groups excluding carboxylic acids is 1. The lowest BCUT2D eigenvalue weighted by atomic mass is 10.0. The predicted molar refractivity (Wildman–Crippen MR) is 112 cm³/mol. The maximum atomic E-state index is 14.2. The monoisotopic (exact) mass is 394 g/mol. The fraction of sp³-hybridized carbons (Fsp3) is 0.286. The van der Waals surface area contributed by atoms with Crippen molar-refractivity contribution < 1.29 is 9.18 Å². The number of anilines is 4. The third kappa shape index (κ3) is 3.20. The first-order chi connectivity index (χ1) is 13.9. The normalized spacial score (nSPS) is 13.3. The third-order valence-electron chi connectivity index (χ3n) is 5.15. The molecule has 29 heavy (non-hydrogen) atoms. The maximum Gasteiger partial charge on any atom is 0.261 e. The van der Waals surface area contributed by atoms with E-state index in [2.05, 4.69) is 17.0 Å². The second-order valence-electron chi connectivity index (χ2n) is 7.20. The van der Waals surface area contributed by atoms with Crippen LogP contribution < -0.4 is 15.5 Å². The van der Waals surface area contributed by atoms with Crippen molar-refractivity contribution in [2.45, 2.75) is 19.8 Å². The molecule has 0 saturated heterocycles. The highest BCUT2D eigenvalue weighted by Gasteiger charge is 2.28. The van der Waals surface area contributed by atoms with E-state index in [9.17, 15) is 9.18 Å². The van der Waals surface area contributed by atoms with Crippen molar-refractivity contribution in [2.75, 3.05) is 29.1 Å². The zero-order valence-corrected chi connectivity index (χ0v) is 16.7. The molecule has 1 aromatic carbocycles. The summed E-state index contributed by atoms with van der Waals surface area (Å²) in [4.78, 5) is 21.1. The van der Waals surface area contributed by atoms with Gasteiger partial charge in [0.05, 0.1) is 16.9 Å². The Morgan fingerprint density at radius 1 is 1.14 bits per heavy atom. The van der Waals surface area contributed by atoms with Crippen LogP contribution in [0.25, 0.3) is 11.1 Å². The molecule has 0 aliphatic carbocycles. The van der Waals surface area contributed by atoms with Gasteiger partial charge in [0.1, 0.15) is 11.6 Å². The molecule has 3 aromatic rings. The SMILES string of the molecule is CCCCN1c2cc(F)ccc2C(=O)N(C)c2nn(C)cc2-c2cnc(N)c1c2. The Balaban J connectivity index is 2.05. The van der Waals surface area contributed by atoms with Crippen LogP contribution in [-0.4, -0.2) is 34.3 Å². The van der Waals surface area contributed by atoms with Gasteiger partial charge in [-0.25, -0.2) is 9.37 Å². The topological polar surface area (TPSA) is 80.3 Å². The van der Waals surface area contributed by atoms with Crippen LogP contribution in [0.4, 0.5) is 27.4 Å². The Bertz CT molecular complexity index is 1090. The van der Waals surface area contributed by atoms with Crippen molar-refractivity contribution in [2.24, 2.45) is 7.05 Å². The lowest BCUT2D eigenvalue weighted by Crippen LogP contribution is -2.31. The lowest BCUT2D eigenvalue weighted by Gasteiger charge is -2.30. The van der Waals surface area contributed by atoms with Crippen molar-refractivity contribution in [3.8, 4) is 11.1 Å². The number of rotatable bonds is 3. The number of amides is 1. The van der Waals surface area contributed by atoms with Crippen molar-refractivity contribution in [1.82, 2.24) is 14.8 Å². The van der Waals surface area contributed by atoms with E-state index in [1.165, 1.54) is 23.1 Å². The van der Waals surface area contributed by atoms with Crippen molar-refractivity contribution >= 4 is 28.9 Å². The Kier molecular flexibility index (Phi) is 4.70. The highest BCUT2D eigenvalue weighted by atomic mass is 19.1. The number of hydrogen-bond donors (Lipinski definition) is 1. The van der Waals surface area contributed by atoms with E-state index >= 15 is 0 Å². The molecule has 0 saturated carbocycles. The van der Waals surface area contributed by atoms with E-state index in [-0.39, 0.29) is 5.91 Å². The number of benzene rings is 1. The molecule has 0 radical (unpaired) electrons. The summed E-state index contributed by atoms with van der Waals surface area (Å²) in [6.07, 6.45) is 5.31. The van der Waals surface area contributed by atoms with Gasteiger partial charge in [0.2, 0.25) is 0 Å². The highest BCUT2D eigenvalue weighted by Crippen LogP contribution is 2.39. The first-order valence-corrected chi connectivity index (χ1v) is 9.55. The zero-order valence-electron chi connectivity index (χ0n) is 16.7. The number of fused-ring (bicyclic) bond motifs is 5. The number of hydrogen-bond acceptors (Lipinski definition) is 5. The number of carbonyl (C=O) groups is 1. The number of nitrogens with two attached hydrogens (primary N) is 1. The van der Waals surface area contributed by atoms with Crippen molar-refractivity contribution in [1.29, 1.82) is 0 Å². The average molecular weight is 394 g/mol. The van der Waals surface area contributed by atoms with E-state index in [1.807, 2.05) is 17.2 Å². The minimum Gasteiger partial charge on any atom is -0.382 e. The second kappa shape index (κ2) is 7.20. The van der Waals surface area contributed by atoms with E-state index in [0.29, 0.717) is 35.1 Å². The molecule has 1 aliphatic rings. The van der Waals surface area contributed by atoms with Gasteiger partial charge in [-0.1, -0.05) is 13.3 Å². The Labute approximate surface area is 168 Å². The fourth-order valence-corrected chi connectivity index (χ4v) is 3.63. The summed E-state index contributed by atoms with van der Waals surface area (Å²) in [7, 11) is 3.47. The third-order valence-corrected chi connectivity index (χ3v) is 5.15. The summed E-state index contributed by atoms with van der Waals surface area (Å²) in [5.74, 6) is 0.149. The molecule has 0 unspecified atom stereocenters. The summed E-state index contributed by atoms with van der Waals surface area (Å²) >= 11 is 0. The summed E-state index contributed by atoms with van der Waals surface area (Å²) in [5, 5.41) is 4.47. The molecule has 2 N–H and O–H groups in total. The number of nitrogen functional groups attached to an aromatic ring is 1. The summed E-state index contributed by atoms with van der Waals surface area (Å²) in [6, 6.07) is 6.12. The molecule has 1 aliphatic heterocycles. The van der Waals surface area contributed by atoms with Crippen LogP contribution in [0.15, 0.2) is 36.7 Å². The number of aryl methyl sites for hydroxylation is 1. The van der Waals surface area contributed by atoms with Gasteiger partial charge in [-0.3, -0.25) is 14.4 Å². The first kappa shape index (κ1) is 18.9. The molecule has 3 heterocycles. The molecule has 2 aromatic heterocycles. The van der Waals surface area contributed by atoms with Gasteiger partial charge >= 0.3 is 0 Å². The Morgan fingerprint density at radius 2 is 1.93 bits per heavy atom. The number of nitrogens with zero attached hydrogens (tertiary/aromatic N) is 5. The average Bonchev–Trinajstić information content (AvgIpc) is 3.09. The molecule has 7 nitrogen and oxygen atoms in total. The van der Waals surface area contributed by atoms with Gasteiger partial charge in [0, 0.05) is 44.2 Å². The molecule has 2 bridgehead atoms. The summed E-state index contributed by atoms with van der Waals surface area (Å²) < 4.78 is 15.9. The smallest absolute Gasteiger partial charge is 0.261 e. The highest BCUT2D eigenvalue weighted by molar-refractivity contribution is 6.11. The van der Waals surface area contributed by atoms with Gasteiger partial charge in [-0.05, 0) is 30.7 Å².